The van der Waals surface area contributed by atoms with Crippen molar-refractivity contribution in [1.29, 1.82) is 0 Å². The normalized spacial score (nSPS) is 25.8. The predicted octanol–water partition coefficient (Wildman–Crippen LogP) is 3.48. The van der Waals surface area contributed by atoms with Crippen LogP contribution in [-0.2, 0) is 27.2 Å². The van der Waals surface area contributed by atoms with Gasteiger partial charge in [0.25, 0.3) is 0 Å². The number of aliphatic hydroxyl groups is 1. The number of benzene rings is 1. The van der Waals surface area contributed by atoms with Gasteiger partial charge in [-0.2, -0.15) is 0 Å². The van der Waals surface area contributed by atoms with Gasteiger partial charge in [-0.1, -0.05) is 32.4 Å². The molecule has 0 spiro atoms. The van der Waals surface area contributed by atoms with E-state index in [1.165, 1.54) is 6.92 Å². The third kappa shape index (κ3) is 5.01. The van der Waals surface area contributed by atoms with Crippen molar-refractivity contribution in [3.8, 4) is 5.75 Å². The number of carbonyl (C=O) groups excluding carboxylic acids is 4. The van der Waals surface area contributed by atoms with E-state index in [9.17, 15) is 29.4 Å². The Kier molecular flexibility index (Phi) is 7.65. The number of phenolic OH excluding ortho intramolecular Hbond substituents is 1. The molecule has 3 rings (SSSR count). The van der Waals surface area contributed by atoms with Gasteiger partial charge in [-0.15, -0.1) is 0 Å². The highest BCUT2D eigenvalue weighted by atomic mass is 16.3. The van der Waals surface area contributed by atoms with E-state index in [1.54, 1.807) is 0 Å². The number of Topliss-reactive ketones (excluding diaryl/α,β-unsaturated/α-hetero) is 4. The van der Waals surface area contributed by atoms with Crippen molar-refractivity contribution >= 4 is 23.1 Å². The van der Waals surface area contributed by atoms with Gasteiger partial charge in [0.05, 0.1) is 12.2 Å². The number of carbonyl (C=O) groups is 4. The van der Waals surface area contributed by atoms with Crippen molar-refractivity contribution in [3.63, 3.8) is 0 Å². The SMILES string of the molecule is CC(=O)C1C(=O)CC(CC2CC(=O)c3c(ccc(CCCC(C)C)c3O)C2)C(CO)C1=O. The summed E-state index contributed by atoms with van der Waals surface area (Å²) in [6.07, 6.45) is 4.08. The first-order valence-electron chi connectivity index (χ1n) is 11.7. The summed E-state index contributed by atoms with van der Waals surface area (Å²) in [5, 5.41) is 20.5. The summed E-state index contributed by atoms with van der Waals surface area (Å²) in [4.78, 5) is 49.7. The van der Waals surface area contributed by atoms with Gasteiger partial charge >= 0.3 is 0 Å². The Bertz CT molecular complexity index is 915. The monoisotopic (exact) mass is 442 g/mol. The summed E-state index contributed by atoms with van der Waals surface area (Å²) in [5.41, 5.74) is 2.01. The molecule has 0 amide bonds. The Morgan fingerprint density at radius 3 is 2.47 bits per heavy atom. The average molecular weight is 443 g/mol. The highest BCUT2D eigenvalue weighted by molar-refractivity contribution is 6.20. The van der Waals surface area contributed by atoms with Gasteiger partial charge in [0.1, 0.15) is 17.5 Å². The molecule has 0 aromatic heterocycles. The lowest BCUT2D eigenvalue weighted by molar-refractivity contribution is -0.147. The van der Waals surface area contributed by atoms with Crippen LogP contribution in [0.3, 0.4) is 0 Å². The third-order valence-corrected chi connectivity index (χ3v) is 7.08. The third-order valence-electron chi connectivity index (χ3n) is 7.08. The zero-order valence-corrected chi connectivity index (χ0v) is 19.2. The van der Waals surface area contributed by atoms with Crippen LogP contribution in [0, 0.1) is 29.6 Å². The van der Waals surface area contributed by atoms with E-state index in [-0.39, 0.29) is 42.0 Å². The molecule has 32 heavy (non-hydrogen) atoms. The number of hydrogen-bond acceptors (Lipinski definition) is 6. The van der Waals surface area contributed by atoms with E-state index in [0.717, 1.165) is 30.4 Å². The number of hydrogen-bond donors (Lipinski definition) is 2. The molecule has 0 heterocycles. The Balaban J connectivity index is 1.73. The van der Waals surface area contributed by atoms with Crippen LogP contribution in [0.25, 0.3) is 0 Å². The minimum absolute atomic E-state index is 0.0683. The lowest BCUT2D eigenvalue weighted by Gasteiger charge is -2.35. The molecule has 4 atom stereocenters. The zero-order chi connectivity index (χ0) is 23.6. The van der Waals surface area contributed by atoms with Gasteiger partial charge in [0.15, 0.2) is 17.3 Å². The summed E-state index contributed by atoms with van der Waals surface area (Å²) in [6.45, 7) is 5.14. The second-order valence-corrected chi connectivity index (χ2v) is 9.99. The second kappa shape index (κ2) is 10.1. The van der Waals surface area contributed by atoms with Crippen LogP contribution in [-0.4, -0.2) is 40.0 Å². The van der Waals surface area contributed by atoms with Crippen LogP contribution in [0.5, 0.6) is 5.75 Å². The van der Waals surface area contributed by atoms with Crippen LogP contribution < -0.4 is 0 Å². The molecule has 2 aliphatic rings. The van der Waals surface area contributed by atoms with E-state index in [1.807, 2.05) is 12.1 Å². The average Bonchev–Trinajstić information content (AvgIpc) is 2.69. The fourth-order valence-electron chi connectivity index (χ4n) is 5.44. The Morgan fingerprint density at radius 2 is 1.84 bits per heavy atom. The van der Waals surface area contributed by atoms with Crippen LogP contribution in [0.15, 0.2) is 12.1 Å². The lowest BCUT2D eigenvalue weighted by atomic mass is 9.67. The van der Waals surface area contributed by atoms with E-state index in [4.69, 9.17) is 0 Å². The van der Waals surface area contributed by atoms with Gasteiger partial charge in [-0.3, -0.25) is 19.2 Å². The van der Waals surface area contributed by atoms with Crippen LogP contribution in [0.4, 0.5) is 0 Å². The minimum Gasteiger partial charge on any atom is -0.507 e. The summed E-state index contributed by atoms with van der Waals surface area (Å²) in [5.74, 6) is -3.25. The van der Waals surface area contributed by atoms with E-state index >= 15 is 0 Å². The number of aromatic hydroxyl groups is 1. The van der Waals surface area contributed by atoms with Gasteiger partial charge in [0, 0.05) is 18.8 Å². The van der Waals surface area contributed by atoms with Crippen molar-refractivity contribution in [2.24, 2.45) is 29.6 Å². The summed E-state index contributed by atoms with van der Waals surface area (Å²) in [6, 6.07) is 3.81. The molecule has 4 unspecified atom stereocenters. The van der Waals surface area contributed by atoms with Crippen molar-refractivity contribution in [1.82, 2.24) is 0 Å². The van der Waals surface area contributed by atoms with Crippen molar-refractivity contribution in [2.75, 3.05) is 6.61 Å². The maximum absolute atomic E-state index is 12.9. The number of aliphatic hydroxyl groups excluding tert-OH is 1. The molecular formula is C26H34O6. The second-order valence-electron chi connectivity index (χ2n) is 9.99. The largest absolute Gasteiger partial charge is 0.507 e. The molecule has 0 bridgehead atoms. The first kappa shape index (κ1) is 24.3. The van der Waals surface area contributed by atoms with Crippen LogP contribution in [0.2, 0.25) is 0 Å². The Hall–Kier alpha value is -2.34. The fraction of sp³-hybridized carbons (Fsp3) is 0.615. The van der Waals surface area contributed by atoms with E-state index in [0.29, 0.717) is 24.3 Å². The van der Waals surface area contributed by atoms with E-state index in [2.05, 4.69) is 13.8 Å². The molecule has 6 heteroatoms. The summed E-state index contributed by atoms with van der Waals surface area (Å²) < 4.78 is 0. The number of rotatable bonds is 8. The van der Waals surface area contributed by atoms with Gasteiger partial charge in [-0.25, -0.2) is 0 Å². The molecule has 174 valence electrons. The molecule has 0 saturated heterocycles. The number of aryl methyl sites for hydroxylation is 1. The predicted molar refractivity (Wildman–Crippen MR) is 120 cm³/mol. The summed E-state index contributed by atoms with van der Waals surface area (Å²) >= 11 is 0. The van der Waals surface area contributed by atoms with Crippen molar-refractivity contribution in [3.05, 3.63) is 28.8 Å². The first-order chi connectivity index (χ1) is 15.1. The molecule has 0 aliphatic heterocycles. The standard InChI is InChI=1S/C26H34O6/c1-14(2)5-4-6-17-7-8-18-9-16(11-21(29)24(18)25(17)31)10-19-12-22(30)23(15(3)28)26(32)20(19)13-27/h7-8,14,16,19-20,23,27,31H,4-6,9-13H2,1-3H3. The van der Waals surface area contributed by atoms with Gasteiger partial charge in [0.2, 0.25) is 0 Å². The smallest absolute Gasteiger partial charge is 0.167 e. The minimum atomic E-state index is -1.26. The molecule has 6 nitrogen and oxygen atoms in total. The van der Waals surface area contributed by atoms with Crippen LogP contribution in [0.1, 0.15) is 74.4 Å². The number of phenols is 1. The van der Waals surface area contributed by atoms with Crippen LogP contribution >= 0.6 is 0 Å². The first-order valence-corrected chi connectivity index (χ1v) is 11.7. The topological polar surface area (TPSA) is 109 Å². The van der Waals surface area contributed by atoms with Crippen molar-refractivity contribution in [2.45, 2.75) is 65.7 Å². The number of ketones is 4. The molecule has 1 saturated carbocycles. The fourth-order valence-corrected chi connectivity index (χ4v) is 5.44. The van der Waals surface area contributed by atoms with Gasteiger partial charge < -0.3 is 10.2 Å². The zero-order valence-electron chi connectivity index (χ0n) is 19.2. The van der Waals surface area contributed by atoms with Crippen molar-refractivity contribution < 1.29 is 29.4 Å². The molecule has 2 N–H and O–H groups in total. The Morgan fingerprint density at radius 1 is 1.12 bits per heavy atom. The summed E-state index contributed by atoms with van der Waals surface area (Å²) in [7, 11) is 0. The lowest BCUT2D eigenvalue weighted by Crippen LogP contribution is -2.46. The Labute approximate surface area is 189 Å². The van der Waals surface area contributed by atoms with Gasteiger partial charge in [-0.05, 0) is 61.5 Å². The molecule has 1 fully saturated rings. The maximum atomic E-state index is 12.9. The molecule has 1 aromatic carbocycles. The number of fused-ring (bicyclic) bond motifs is 1. The molecular weight excluding hydrogens is 408 g/mol. The molecule has 2 aliphatic carbocycles. The molecule has 1 aromatic rings. The highest BCUT2D eigenvalue weighted by Gasteiger charge is 2.45. The highest BCUT2D eigenvalue weighted by Crippen LogP contribution is 2.40. The maximum Gasteiger partial charge on any atom is 0.167 e. The quantitative estimate of drug-likeness (QED) is 0.597. The van der Waals surface area contributed by atoms with E-state index < -0.39 is 30.0 Å². The molecule has 0 radical (unpaired) electrons.